The minimum Gasteiger partial charge on any atom is -0.490 e. The lowest BCUT2D eigenvalue weighted by atomic mass is 9.96. The van der Waals surface area contributed by atoms with Crippen molar-refractivity contribution in [2.24, 2.45) is 0 Å². The number of nitrogens with zero attached hydrogens (tertiary/aromatic N) is 1. The average Bonchev–Trinajstić information content (AvgIpc) is 3.06. The first-order valence-corrected chi connectivity index (χ1v) is 9.63. The van der Waals surface area contributed by atoms with Gasteiger partial charge in [0.25, 0.3) is 0 Å². The van der Waals surface area contributed by atoms with Gasteiger partial charge in [-0.2, -0.15) is 0 Å². The Morgan fingerprint density at radius 2 is 1.90 bits per heavy atom. The number of aromatic nitrogens is 1. The van der Waals surface area contributed by atoms with Crippen molar-refractivity contribution in [2.45, 2.75) is 38.2 Å². The van der Waals surface area contributed by atoms with Crippen LogP contribution < -0.4 is 9.47 Å². The molecule has 0 atom stereocenters. The predicted octanol–water partition coefficient (Wildman–Crippen LogP) is 5.08. The van der Waals surface area contributed by atoms with Crippen molar-refractivity contribution >= 4 is 16.9 Å². The van der Waals surface area contributed by atoms with Crippen molar-refractivity contribution in [3.63, 3.8) is 0 Å². The summed E-state index contributed by atoms with van der Waals surface area (Å²) in [6.45, 7) is -0.0756. The first kappa shape index (κ1) is 19.2. The van der Waals surface area contributed by atoms with Crippen LogP contribution >= 0.6 is 0 Å². The molecule has 2 aromatic carbocycles. The highest BCUT2D eigenvalue weighted by molar-refractivity contribution is 5.83. The topological polar surface area (TPSA) is 60.7 Å². The van der Waals surface area contributed by atoms with Crippen molar-refractivity contribution in [1.29, 1.82) is 0 Å². The third kappa shape index (κ3) is 4.18. The Morgan fingerprint density at radius 3 is 2.55 bits per heavy atom. The molecule has 7 heteroatoms. The summed E-state index contributed by atoms with van der Waals surface area (Å²) in [5.74, 6) is -2.41. The molecular formula is C22H21F2NO4. The van der Waals surface area contributed by atoms with E-state index in [1.54, 1.807) is 10.8 Å². The predicted molar refractivity (Wildman–Crippen MR) is 104 cm³/mol. The van der Waals surface area contributed by atoms with Gasteiger partial charge in [-0.1, -0.05) is 0 Å². The lowest BCUT2D eigenvalue weighted by Gasteiger charge is -2.26. The summed E-state index contributed by atoms with van der Waals surface area (Å²) in [6.07, 6.45) is 5.30. The Kier molecular flexibility index (Phi) is 5.38. The molecule has 3 aromatic rings. The van der Waals surface area contributed by atoms with Gasteiger partial charge >= 0.3 is 5.97 Å². The van der Waals surface area contributed by atoms with Crippen molar-refractivity contribution in [1.82, 2.24) is 4.57 Å². The van der Waals surface area contributed by atoms with Gasteiger partial charge in [0.15, 0.2) is 17.4 Å². The fourth-order valence-corrected chi connectivity index (χ4v) is 3.31. The minimum absolute atomic E-state index is 0.0756. The van der Waals surface area contributed by atoms with E-state index in [1.165, 1.54) is 18.6 Å². The van der Waals surface area contributed by atoms with E-state index >= 15 is 0 Å². The fourth-order valence-electron chi connectivity index (χ4n) is 3.31. The van der Waals surface area contributed by atoms with E-state index in [2.05, 4.69) is 0 Å². The number of ether oxygens (including phenoxy) is 2. The highest BCUT2D eigenvalue weighted by atomic mass is 19.1. The van der Waals surface area contributed by atoms with Crippen LogP contribution in [0, 0.1) is 11.6 Å². The van der Waals surface area contributed by atoms with Crippen LogP contribution in [0.25, 0.3) is 16.6 Å². The SMILES string of the molecule is O=C(O)CCCOc1c(F)cc(-n2ccc3ccc(OC4CCC4)cc32)cc1F. The van der Waals surface area contributed by atoms with Gasteiger partial charge in [0.1, 0.15) is 5.75 Å². The first-order valence-electron chi connectivity index (χ1n) is 9.63. The van der Waals surface area contributed by atoms with Gasteiger partial charge in [-0.05, 0) is 43.9 Å². The van der Waals surface area contributed by atoms with E-state index in [9.17, 15) is 13.6 Å². The third-order valence-corrected chi connectivity index (χ3v) is 5.06. The molecule has 1 N–H and O–H groups in total. The Morgan fingerprint density at radius 1 is 1.14 bits per heavy atom. The van der Waals surface area contributed by atoms with Gasteiger partial charge in [-0.25, -0.2) is 8.78 Å². The number of rotatable bonds is 8. The second-order valence-corrected chi connectivity index (χ2v) is 7.16. The number of carboxylic acids is 1. The quantitative estimate of drug-likeness (QED) is 0.535. The molecule has 5 nitrogen and oxygen atoms in total. The zero-order valence-corrected chi connectivity index (χ0v) is 15.7. The maximum Gasteiger partial charge on any atom is 0.303 e. The Bertz CT molecular complexity index is 1020. The molecule has 0 amide bonds. The average molecular weight is 401 g/mol. The summed E-state index contributed by atoms with van der Waals surface area (Å²) in [6, 6.07) is 9.98. The zero-order chi connectivity index (χ0) is 20.4. The maximum atomic E-state index is 14.5. The van der Waals surface area contributed by atoms with E-state index in [1.807, 2.05) is 24.3 Å². The first-order chi connectivity index (χ1) is 14.0. The Labute approximate surface area is 166 Å². The molecule has 1 aliphatic rings. The van der Waals surface area contributed by atoms with E-state index < -0.39 is 23.4 Å². The number of hydrogen-bond donors (Lipinski definition) is 1. The van der Waals surface area contributed by atoms with Gasteiger partial charge in [-0.15, -0.1) is 0 Å². The lowest BCUT2D eigenvalue weighted by molar-refractivity contribution is -0.137. The van der Waals surface area contributed by atoms with Crippen molar-refractivity contribution in [3.05, 3.63) is 54.2 Å². The third-order valence-electron chi connectivity index (χ3n) is 5.06. The van der Waals surface area contributed by atoms with E-state index in [-0.39, 0.29) is 25.6 Å². The molecule has 0 saturated heterocycles. The smallest absolute Gasteiger partial charge is 0.303 e. The lowest BCUT2D eigenvalue weighted by Crippen LogP contribution is -2.24. The molecular weight excluding hydrogens is 380 g/mol. The van der Waals surface area contributed by atoms with E-state index in [4.69, 9.17) is 14.6 Å². The summed E-state index contributed by atoms with van der Waals surface area (Å²) >= 11 is 0. The maximum absolute atomic E-state index is 14.5. The molecule has 152 valence electrons. The molecule has 0 spiro atoms. The molecule has 1 aliphatic carbocycles. The number of carboxylic acid groups (broad SMARTS) is 1. The number of carbonyl (C=O) groups is 1. The van der Waals surface area contributed by atoms with Crippen LogP contribution in [0.1, 0.15) is 32.1 Å². The van der Waals surface area contributed by atoms with Crippen LogP contribution in [0.3, 0.4) is 0 Å². The minimum atomic E-state index is -0.981. The summed E-state index contributed by atoms with van der Waals surface area (Å²) in [5.41, 5.74) is 1.12. The Balaban J connectivity index is 1.58. The van der Waals surface area contributed by atoms with Gasteiger partial charge in [-0.3, -0.25) is 4.79 Å². The van der Waals surface area contributed by atoms with Crippen LogP contribution in [0.2, 0.25) is 0 Å². The standard InChI is InChI=1S/C22H21F2NO4/c23-18-11-15(12-19(24)22(18)28-10-2-5-21(26)27)25-9-8-14-6-7-17(13-20(14)25)29-16-3-1-4-16/h6-9,11-13,16H,1-5,10H2,(H,26,27). The molecule has 1 fully saturated rings. The van der Waals surface area contributed by atoms with Gasteiger partial charge < -0.3 is 19.1 Å². The molecule has 29 heavy (non-hydrogen) atoms. The number of halogens is 2. The molecule has 0 radical (unpaired) electrons. The van der Waals surface area contributed by atoms with Gasteiger partial charge in [0.2, 0.25) is 0 Å². The fraction of sp³-hybridized carbons (Fsp3) is 0.318. The molecule has 0 unspecified atom stereocenters. The van der Waals surface area contributed by atoms with Crippen LogP contribution in [0.5, 0.6) is 11.5 Å². The number of benzene rings is 2. The van der Waals surface area contributed by atoms with Crippen molar-refractivity contribution in [2.75, 3.05) is 6.61 Å². The normalized spacial score (nSPS) is 14.0. The molecule has 1 aromatic heterocycles. The van der Waals surface area contributed by atoms with Gasteiger partial charge in [0.05, 0.1) is 23.9 Å². The number of hydrogen-bond acceptors (Lipinski definition) is 3. The summed E-state index contributed by atoms with van der Waals surface area (Å²) in [5, 5.41) is 9.55. The second kappa shape index (κ2) is 8.11. The number of aliphatic carboxylic acids is 1. The van der Waals surface area contributed by atoms with Crippen LogP contribution in [-0.2, 0) is 4.79 Å². The van der Waals surface area contributed by atoms with Crippen molar-refractivity contribution in [3.8, 4) is 17.2 Å². The molecule has 1 heterocycles. The van der Waals surface area contributed by atoms with Gasteiger partial charge in [0, 0.05) is 36.2 Å². The zero-order valence-electron chi connectivity index (χ0n) is 15.7. The van der Waals surface area contributed by atoms with Crippen LogP contribution in [0.4, 0.5) is 8.78 Å². The number of fused-ring (bicyclic) bond motifs is 1. The largest absolute Gasteiger partial charge is 0.490 e. The summed E-state index contributed by atoms with van der Waals surface area (Å²) < 4.78 is 41.7. The highest BCUT2D eigenvalue weighted by Gasteiger charge is 2.20. The van der Waals surface area contributed by atoms with Crippen LogP contribution in [-0.4, -0.2) is 28.4 Å². The van der Waals surface area contributed by atoms with Crippen LogP contribution in [0.15, 0.2) is 42.6 Å². The molecule has 0 aliphatic heterocycles. The summed E-state index contributed by atoms with van der Waals surface area (Å²) in [4.78, 5) is 10.5. The Hall–Kier alpha value is -3.09. The van der Waals surface area contributed by atoms with Crippen molar-refractivity contribution < 1.29 is 28.2 Å². The highest BCUT2D eigenvalue weighted by Crippen LogP contribution is 2.31. The molecule has 1 saturated carbocycles. The van der Waals surface area contributed by atoms with E-state index in [0.717, 1.165) is 29.5 Å². The summed E-state index contributed by atoms with van der Waals surface area (Å²) in [7, 11) is 0. The van der Waals surface area contributed by atoms with E-state index in [0.29, 0.717) is 5.69 Å². The molecule has 0 bridgehead atoms. The second-order valence-electron chi connectivity index (χ2n) is 7.16. The monoisotopic (exact) mass is 401 g/mol. The molecule has 4 rings (SSSR count).